The summed E-state index contributed by atoms with van der Waals surface area (Å²) >= 11 is 1.82. The van der Waals surface area contributed by atoms with Crippen LogP contribution in [0.25, 0.3) is 0 Å². The van der Waals surface area contributed by atoms with E-state index in [0.717, 1.165) is 18.5 Å². The largest absolute Gasteiger partial charge is 0.298 e. The molecule has 2 saturated heterocycles. The number of rotatable bonds is 4. The van der Waals surface area contributed by atoms with E-state index in [1.54, 1.807) is 0 Å². The van der Waals surface area contributed by atoms with Gasteiger partial charge in [-0.2, -0.15) is 0 Å². The molecule has 2 aliphatic heterocycles. The van der Waals surface area contributed by atoms with Crippen molar-refractivity contribution in [3.63, 3.8) is 0 Å². The third-order valence-electron chi connectivity index (χ3n) is 4.66. The van der Waals surface area contributed by atoms with E-state index in [1.807, 2.05) is 11.3 Å². The highest BCUT2D eigenvalue weighted by Gasteiger charge is 2.35. The Bertz CT molecular complexity index is 417. The van der Waals surface area contributed by atoms with Crippen molar-refractivity contribution in [1.82, 2.24) is 14.8 Å². The molecule has 3 nitrogen and oxygen atoms in total. The van der Waals surface area contributed by atoms with Crippen LogP contribution in [0, 0.1) is 6.92 Å². The number of piperazine rings is 1. The summed E-state index contributed by atoms with van der Waals surface area (Å²) in [5.74, 6) is 0. The van der Waals surface area contributed by atoms with Crippen molar-refractivity contribution >= 4 is 11.3 Å². The molecule has 2 aliphatic rings. The molecule has 0 bridgehead atoms. The van der Waals surface area contributed by atoms with Crippen LogP contribution < -0.4 is 0 Å². The molecule has 3 rings (SSSR count). The van der Waals surface area contributed by atoms with Crippen molar-refractivity contribution in [3.05, 3.63) is 16.1 Å². The van der Waals surface area contributed by atoms with Gasteiger partial charge in [0, 0.05) is 49.2 Å². The average Bonchev–Trinajstić information content (AvgIpc) is 3.03. The molecule has 0 saturated carbocycles. The summed E-state index contributed by atoms with van der Waals surface area (Å²) in [5.41, 5.74) is 1.17. The third kappa shape index (κ3) is 3.01. The van der Waals surface area contributed by atoms with Gasteiger partial charge in [0.15, 0.2) is 0 Å². The normalized spacial score (nSPS) is 28.7. The summed E-state index contributed by atoms with van der Waals surface area (Å²) in [5, 5.41) is 3.47. The van der Waals surface area contributed by atoms with Crippen LogP contribution >= 0.6 is 11.3 Å². The second kappa shape index (κ2) is 5.90. The Morgan fingerprint density at radius 1 is 1.42 bits per heavy atom. The lowest BCUT2D eigenvalue weighted by Gasteiger charge is -2.43. The average molecular weight is 279 g/mol. The van der Waals surface area contributed by atoms with Crippen LogP contribution in [-0.4, -0.2) is 53.0 Å². The van der Waals surface area contributed by atoms with Gasteiger partial charge in [-0.05, 0) is 32.7 Å². The predicted octanol–water partition coefficient (Wildman–Crippen LogP) is 2.55. The van der Waals surface area contributed by atoms with Gasteiger partial charge in [-0.1, -0.05) is 6.92 Å². The predicted molar refractivity (Wildman–Crippen MR) is 80.8 cm³/mol. The number of thiazole rings is 1. The van der Waals surface area contributed by atoms with E-state index >= 15 is 0 Å². The van der Waals surface area contributed by atoms with Gasteiger partial charge in [-0.25, -0.2) is 4.98 Å². The summed E-state index contributed by atoms with van der Waals surface area (Å²) in [6.45, 7) is 9.52. The van der Waals surface area contributed by atoms with Gasteiger partial charge >= 0.3 is 0 Å². The number of hydrogen-bond donors (Lipinski definition) is 0. The summed E-state index contributed by atoms with van der Waals surface area (Å²) in [6, 6.07) is 1.59. The lowest BCUT2D eigenvalue weighted by molar-refractivity contribution is 0.0501. The van der Waals surface area contributed by atoms with Gasteiger partial charge in [-0.3, -0.25) is 9.80 Å². The molecule has 4 heteroatoms. The van der Waals surface area contributed by atoms with Crippen molar-refractivity contribution < 1.29 is 0 Å². The van der Waals surface area contributed by atoms with E-state index in [0.29, 0.717) is 0 Å². The highest BCUT2D eigenvalue weighted by atomic mass is 32.1. The molecule has 0 aliphatic carbocycles. The van der Waals surface area contributed by atoms with Crippen LogP contribution in [0.1, 0.15) is 36.9 Å². The van der Waals surface area contributed by atoms with Crippen molar-refractivity contribution in [3.8, 4) is 0 Å². The molecule has 0 amide bonds. The van der Waals surface area contributed by atoms with Crippen molar-refractivity contribution in [1.29, 1.82) is 0 Å². The van der Waals surface area contributed by atoms with Crippen LogP contribution in [0.3, 0.4) is 0 Å². The summed E-state index contributed by atoms with van der Waals surface area (Å²) < 4.78 is 0. The minimum absolute atomic E-state index is 0.760. The van der Waals surface area contributed by atoms with E-state index in [1.165, 1.54) is 56.1 Å². The number of hydrogen-bond acceptors (Lipinski definition) is 4. The Labute approximate surface area is 120 Å². The minimum Gasteiger partial charge on any atom is -0.298 e. The molecular weight excluding hydrogens is 254 g/mol. The molecule has 2 fully saturated rings. The van der Waals surface area contributed by atoms with Gasteiger partial charge in [0.2, 0.25) is 0 Å². The zero-order valence-corrected chi connectivity index (χ0v) is 13.0. The molecule has 0 aromatic carbocycles. The number of aromatic nitrogens is 1. The van der Waals surface area contributed by atoms with Gasteiger partial charge < -0.3 is 0 Å². The lowest BCUT2D eigenvalue weighted by atomic mass is 10.0. The summed E-state index contributed by atoms with van der Waals surface area (Å²) in [7, 11) is 0. The van der Waals surface area contributed by atoms with Gasteiger partial charge in [0.1, 0.15) is 0 Å². The first-order valence-electron chi connectivity index (χ1n) is 7.65. The molecule has 2 unspecified atom stereocenters. The quantitative estimate of drug-likeness (QED) is 0.844. The first-order valence-corrected chi connectivity index (χ1v) is 8.53. The molecular formula is C15H25N3S. The fourth-order valence-electron chi connectivity index (χ4n) is 3.57. The van der Waals surface area contributed by atoms with Gasteiger partial charge in [0.25, 0.3) is 0 Å². The number of fused-ring (bicyclic) bond motifs is 1. The van der Waals surface area contributed by atoms with Crippen LogP contribution in [0.2, 0.25) is 0 Å². The molecule has 0 N–H and O–H groups in total. The zero-order valence-electron chi connectivity index (χ0n) is 12.1. The van der Waals surface area contributed by atoms with Gasteiger partial charge in [-0.15, -0.1) is 11.3 Å². The standard InChI is InChI=1S/C15H25N3S/c1-3-13-9-17-7-4-5-14(17)10-18(13)8-6-15-16-12(2)11-19-15/h11,13-14H,3-10H2,1-2H3. The molecule has 1 aromatic rings. The molecule has 0 spiro atoms. The Balaban J connectivity index is 1.58. The fourth-order valence-corrected chi connectivity index (χ4v) is 4.33. The van der Waals surface area contributed by atoms with Crippen molar-refractivity contribution in [2.75, 3.05) is 26.2 Å². The number of nitrogens with zero attached hydrogens (tertiary/aromatic N) is 3. The van der Waals surface area contributed by atoms with E-state index < -0.39 is 0 Å². The topological polar surface area (TPSA) is 19.4 Å². The van der Waals surface area contributed by atoms with Crippen molar-refractivity contribution in [2.45, 2.75) is 51.6 Å². The minimum atomic E-state index is 0.760. The first kappa shape index (κ1) is 13.5. The molecule has 3 heterocycles. The maximum absolute atomic E-state index is 4.59. The maximum Gasteiger partial charge on any atom is 0.0940 e. The van der Waals surface area contributed by atoms with Crippen LogP contribution in [0.4, 0.5) is 0 Å². The summed E-state index contributed by atoms with van der Waals surface area (Å²) in [4.78, 5) is 10.0. The highest BCUT2D eigenvalue weighted by molar-refractivity contribution is 7.09. The summed E-state index contributed by atoms with van der Waals surface area (Å²) in [6.07, 6.45) is 5.21. The Kier molecular flexibility index (Phi) is 4.20. The second-order valence-corrected chi connectivity index (χ2v) is 6.92. The maximum atomic E-state index is 4.59. The monoisotopic (exact) mass is 279 g/mol. The molecule has 19 heavy (non-hydrogen) atoms. The SMILES string of the molecule is CCC1CN2CCCC2CN1CCc1nc(C)cs1. The molecule has 2 atom stereocenters. The lowest BCUT2D eigenvalue weighted by Crippen LogP contribution is -2.56. The van der Waals surface area contributed by atoms with E-state index in [-0.39, 0.29) is 0 Å². The first-order chi connectivity index (χ1) is 9.26. The number of aryl methyl sites for hydroxylation is 1. The van der Waals surface area contributed by atoms with E-state index in [9.17, 15) is 0 Å². The van der Waals surface area contributed by atoms with Crippen LogP contribution in [0.5, 0.6) is 0 Å². The van der Waals surface area contributed by atoms with E-state index in [2.05, 4.69) is 34.0 Å². The fraction of sp³-hybridized carbons (Fsp3) is 0.800. The van der Waals surface area contributed by atoms with E-state index in [4.69, 9.17) is 0 Å². The molecule has 0 radical (unpaired) electrons. The van der Waals surface area contributed by atoms with Gasteiger partial charge in [0.05, 0.1) is 5.01 Å². The smallest absolute Gasteiger partial charge is 0.0940 e. The Morgan fingerprint density at radius 2 is 2.32 bits per heavy atom. The Hall–Kier alpha value is -0.450. The Morgan fingerprint density at radius 3 is 3.05 bits per heavy atom. The molecule has 1 aromatic heterocycles. The zero-order chi connectivity index (χ0) is 13.2. The second-order valence-electron chi connectivity index (χ2n) is 5.98. The van der Waals surface area contributed by atoms with Crippen LogP contribution in [-0.2, 0) is 6.42 Å². The third-order valence-corrected chi connectivity index (χ3v) is 5.68. The molecule has 106 valence electrons. The highest BCUT2D eigenvalue weighted by Crippen LogP contribution is 2.26. The van der Waals surface area contributed by atoms with Crippen molar-refractivity contribution in [2.24, 2.45) is 0 Å². The van der Waals surface area contributed by atoms with Crippen LogP contribution in [0.15, 0.2) is 5.38 Å².